The van der Waals surface area contributed by atoms with Crippen LogP contribution in [0, 0.1) is 5.82 Å². The van der Waals surface area contributed by atoms with Gasteiger partial charge in [-0.1, -0.05) is 42.1 Å². The molecule has 2 aliphatic heterocycles. The first-order valence-corrected chi connectivity index (χ1v) is 9.01. The summed E-state index contributed by atoms with van der Waals surface area (Å²) in [6.07, 6.45) is 0.962. The molecule has 0 N–H and O–H groups in total. The highest BCUT2D eigenvalue weighted by Gasteiger charge is 2.30. The molecule has 4 rings (SSSR count). The fraction of sp³-hybridized carbons (Fsp3) is 0.368. The Balaban J connectivity index is 1.77. The van der Waals surface area contributed by atoms with Crippen molar-refractivity contribution < 1.29 is 4.39 Å². The van der Waals surface area contributed by atoms with Gasteiger partial charge in [0, 0.05) is 37.1 Å². The van der Waals surface area contributed by atoms with Crippen LogP contribution in [-0.2, 0) is 6.42 Å². The van der Waals surface area contributed by atoms with Gasteiger partial charge in [-0.15, -0.1) is 0 Å². The fourth-order valence-corrected chi connectivity index (χ4v) is 4.69. The molecular formula is C19H21FN2S. The lowest BCUT2D eigenvalue weighted by molar-refractivity contribution is 0.109. The number of hydrogen-bond acceptors (Lipinski definition) is 3. The molecule has 1 saturated heterocycles. The third-order valence-corrected chi connectivity index (χ3v) is 6.19. The lowest BCUT2D eigenvalue weighted by Gasteiger charge is -2.38. The third-order valence-electron chi connectivity index (χ3n) is 4.93. The van der Waals surface area contributed by atoms with Gasteiger partial charge in [-0.3, -0.25) is 4.90 Å². The summed E-state index contributed by atoms with van der Waals surface area (Å²) in [6, 6.07) is 14.3. The first kappa shape index (κ1) is 15.2. The van der Waals surface area contributed by atoms with E-state index in [1.54, 1.807) is 17.8 Å². The molecule has 2 aromatic rings. The number of hydrogen-bond donors (Lipinski definition) is 0. The fourth-order valence-electron chi connectivity index (χ4n) is 3.56. The van der Waals surface area contributed by atoms with E-state index in [-0.39, 0.29) is 11.9 Å². The SMILES string of the molecule is CN1CCN(C2Cc3ccccc3Sc3c(F)cccc32)CC1. The summed E-state index contributed by atoms with van der Waals surface area (Å²) in [5.41, 5.74) is 2.48. The van der Waals surface area contributed by atoms with Gasteiger partial charge < -0.3 is 4.90 Å². The minimum absolute atomic E-state index is 0.0941. The van der Waals surface area contributed by atoms with Gasteiger partial charge in [0.15, 0.2) is 0 Å². The van der Waals surface area contributed by atoms with Gasteiger partial charge in [-0.2, -0.15) is 0 Å². The van der Waals surface area contributed by atoms with E-state index in [9.17, 15) is 4.39 Å². The van der Waals surface area contributed by atoms with E-state index in [4.69, 9.17) is 0 Å². The smallest absolute Gasteiger partial charge is 0.137 e. The Hall–Kier alpha value is -1.36. The molecule has 2 aromatic carbocycles. The Morgan fingerprint density at radius 3 is 2.61 bits per heavy atom. The maximum Gasteiger partial charge on any atom is 0.137 e. The minimum atomic E-state index is -0.0941. The molecule has 2 aliphatic rings. The van der Waals surface area contributed by atoms with Crippen molar-refractivity contribution in [2.75, 3.05) is 33.2 Å². The van der Waals surface area contributed by atoms with Crippen LogP contribution in [0.4, 0.5) is 4.39 Å². The molecule has 0 aromatic heterocycles. The first-order chi connectivity index (χ1) is 11.2. The van der Waals surface area contributed by atoms with Crippen LogP contribution in [0.5, 0.6) is 0 Å². The summed E-state index contributed by atoms with van der Waals surface area (Å²) in [6.45, 7) is 4.25. The quantitative estimate of drug-likeness (QED) is 0.786. The minimum Gasteiger partial charge on any atom is -0.304 e. The molecule has 0 radical (unpaired) electrons. The van der Waals surface area contributed by atoms with Gasteiger partial charge in [0.25, 0.3) is 0 Å². The van der Waals surface area contributed by atoms with Crippen molar-refractivity contribution in [1.29, 1.82) is 0 Å². The van der Waals surface area contributed by atoms with E-state index in [0.717, 1.165) is 43.1 Å². The van der Waals surface area contributed by atoms with Crippen molar-refractivity contribution in [1.82, 2.24) is 9.80 Å². The van der Waals surface area contributed by atoms with Gasteiger partial charge in [-0.05, 0) is 36.7 Å². The lowest BCUT2D eigenvalue weighted by atomic mass is 9.96. The van der Waals surface area contributed by atoms with Crippen molar-refractivity contribution in [3.63, 3.8) is 0 Å². The summed E-state index contributed by atoms with van der Waals surface area (Å²) >= 11 is 1.59. The van der Waals surface area contributed by atoms with Crippen LogP contribution >= 0.6 is 11.8 Å². The van der Waals surface area contributed by atoms with E-state index in [1.807, 2.05) is 12.1 Å². The average molecular weight is 328 g/mol. The second-order valence-corrected chi connectivity index (χ2v) is 7.48. The standard InChI is InChI=1S/C19H21FN2S/c1-21-9-11-22(12-10-21)17-13-14-5-2-3-8-18(14)23-19-15(17)6-4-7-16(19)20/h2-8,17H,9-13H2,1H3. The molecule has 0 amide bonds. The number of nitrogens with zero attached hydrogens (tertiary/aromatic N) is 2. The van der Waals surface area contributed by atoms with E-state index in [1.165, 1.54) is 10.5 Å². The van der Waals surface area contributed by atoms with Crippen LogP contribution < -0.4 is 0 Å². The summed E-state index contributed by atoms with van der Waals surface area (Å²) in [5.74, 6) is -0.0941. The van der Waals surface area contributed by atoms with Crippen molar-refractivity contribution >= 4 is 11.8 Å². The van der Waals surface area contributed by atoms with Crippen LogP contribution in [0.25, 0.3) is 0 Å². The summed E-state index contributed by atoms with van der Waals surface area (Å²) in [5, 5.41) is 0. The monoisotopic (exact) mass is 328 g/mol. The molecule has 0 bridgehead atoms. The van der Waals surface area contributed by atoms with Crippen LogP contribution in [0.3, 0.4) is 0 Å². The average Bonchev–Trinajstić information content (AvgIpc) is 2.73. The molecule has 2 heterocycles. The Morgan fingerprint density at radius 2 is 1.78 bits per heavy atom. The predicted molar refractivity (Wildman–Crippen MR) is 92.5 cm³/mol. The summed E-state index contributed by atoms with van der Waals surface area (Å²) in [4.78, 5) is 6.89. The number of likely N-dealkylation sites (N-methyl/N-ethyl adjacent to an activating group) is 1. The second kappa shape index (κ2) is 6.27. The zero-order valence-corrected chi connectivity index (χ0v) is 14.2. The molecule has 1 fully saturated rings. The Morgan fingerprint density at radius 1 is 1.00 bits per heavy atom. The molecular weight excluding hydrogens is 307 g/mol. The molecule has 2 nitrogen and oxygen atoms in total. The number of benzene rings is 2. The third kappa shape index (κ3) is 2.91. The van der Waals surface area contributed by atoms with Gasteiger partial charge in [0.1, 0.15) is 5.82 Å². The number of halogens is 1. The van der Waals surface area contributed by atoms with Crippen LogP contribution in [0.1, 0.15) is 17.2 Å². The molecule has 23 heavy (non-hydrogen) atoms. The van der Waals surface area contributed by atoms with Crippen LogP contribution in [-0.4, -0.2) is 43.0 Å². The molecule has 0 spiro atoms. The maximum absolute atomic E-state index is 14.5. The van der Waals surface area contributed by atoms with Gasteiger partial charge >= 0.3 is 0 Å². The van der Waals surface area contributed by atoms with Crippen molar-refractivity contribution in [2.24, 2.45) is 0 Å². The Kier molecular flexibility index (Phi) is 4.14. The zero-order chi connectivity index (χ0) is 15.8. The van der Waals surface area contributed by atoms with E-state index >= 15 is 0 Å². The predicted octanol–water partition coefficient (Wildman–Crippen LogP) is 3.82. The van der Waals surface area contributed by atoms with Crippen molar-refractivity contribution in [3.05, 3.63) is 59.4 Å². The van der Waals surface area contributed by atoms with Gasteiger partial charge in [0.05, 0.1) is 4.90 Å². The van der Waals surface area contributed by atoms with Crippen LogP contribution in [0.2, 0.25) is 0 Å². The van der Waals surface area contributed by atoms with E-state index in [0.29, 0.717) is 0 Å². The van der Waals surface area contributed by atoms with E-state index in [2.05, 4.69) is 41.1 Å². The van der Waals surface area contributed by atoms with Gasteiger partial charge in [-0.25, -0.2) is 4.39 Å². The van der Waals surface area contributed by atoms with Gasteiger partial charge in [0.2, 0.25) is 0 Å². The topological polar surface area (TPSA) is 6.48 Å². The summed E-state index contributed by atoms with van der Waals surface area (Å²) < 4.78 is 14.5. The molecule has 120 valence electrons. The maximum atomic E-state index is 14.5. The zero-order valence-electron chi connectivity index (χ0n) is 13.3. The number of rotatable bonds is 1. The highest BCUT2D eigenvalue weighted by atomic mass is 32.2. The largest absolute Gasteiger partial charge is 0.304 e. The molecule has 4 heteroatoms. The summed E-state index contributed by atoms with van der Waals surface area (Å²) in [7, 11) is 2.17. The highest BCUT2D eigenvalue weighted by Crippen LogP contribution is 2.43. The second-order valence-electron chi connectivity index (χ2n) is 6.43. The molecule has 1 atom stereocenters. The van der Waals surface area contributed by atoms with Crippen molar-refractivity contribution in [2.45, 2.75) is 22.3 Å². The normalized spacial score (nSPS) is 22.3. The lowest BCUT2D eigenvalue weighted by Crippen LogP contribution is -2.46. The highest BCUT2D eigenvalue weighted by molar-refractivity contribution is 7.99. The number of piperazine rings is 1. The number of fused-ring (bicyclic) bond motifs is 2. The first-order valence-electron chi connectivity index (χ1n) is 8.19. The molecule has 0 aliphatic carbocycles. The van der Waals surface area contributed by atoms with E-state index < -0.39 is 0 Å². The van der Waals surface area contributed by atoms with Crippen molar-refractivity contribution in [3.8, 4) is 0 Å². The molecule has 1 unspecified atom stereocenters. The van der Waals surface area contributed by atoms with Crippen LogP contribution in [0.15, 0.2) is 52.3 Å². The Labute approximate surface area is 141 Å². The molecule has 0 saturated carbocycles. The Bertz CT molecular complexity index is 710.